The Balaban J connectivity index is 1.29. The third kappa shape index (κ3) is 12.9. The number of hydrogen-bond acceptors (Lipinski definition) is 11. The maximum Gasteiger partial charge on any atom is 0.343 e. The molecule has 0 fully saturated rings. The Morgan fingerprint density at radius 3 is 1.87 bits per heavy atom. The molecule has 0 radical (unpaired) electrons. The van der Waals surface area contributed by atoms with E-state index in [0.29, 0.717) is 36.9 Å². The highest BCUT2D eigenvalue weighted by Gasteiger charge is 2.18. The number of aryl methyl sites for hydroxylation is 1. The summed E-state index contributed by atoms with van der Waals surface area (Å²) in [5.74, 6) is -0.173. The zero-order valence-electron chi connectivity index (χ0n) is 29.8. The van der Waals surface area contributed by atoms with Gasteiger partial charge in [0, 0.05) is 12.2 Å². The molecule has 0 saturated heterocycles. The molecule has 4 rings (SSSR count). The summed E-state index contributed by atoms with van der Waals surface area (Å²) >= 11 is 0. The summed E-state index contributed by atoms with van der Waals surface area (Å²) in [5, 5.41) is 2.04. The average Bonchev–Trinajstić information content (AvgIpc) is 3.17. The van der Waals surface area contributed by atoms with E-state index < -0.39 is 17.9 Å². The molecule has 0 saturated carbocycles. The van der Waals surface area contributed by atoms with Gasteiger partial charge in [0.15, 0.2) is 18.3 Å². The van der Waals surface area contributed by atoms with Crippen LogP contribution in [0.15, 0.2) is 111 Å². The molecule has 0 heterocycles. The van der Waals surface area contributed by atoms with Gasteiger partial charge in [-0.15, -0.1) is 0 Å². The van der Waals surface area contributed by atoms with Crippen molar-refractivity contribution in [1.82, 2.24) is 0 Å². The number of unbranched alkanes of at least 4 members (excludes halogenated alkanes) is 3. The van der Waals surface area contributed by atoms with Crippen LogP contribution in [0.5, 0.6) is 34.5 Å². The lowest BCUT2D eigenvalue weighted by atomic mass is 10.1. The van der Waals surface area contributed by atoms with E-state index in [1.165, 1.54) is 24.5 Å². The molecule has 0 unspecified atom stereocenters. The predicted octanol–water partition coefficient (Wildman–Crippen LogP) is 8.68. The van der Waals surface area contributed by atoms with Crippen LogP contribution in [-0.2, 0) is 25.5 Å². The van der Waals surface area contributed by atoms with Crippen LogP contribution in [-0.4, -0.2) is 44.7 Å². The first-order valence-electron chi connectivity index (χ1n) is 17.2. The minimum atomic E-state index is -0.802. The molecule has 0 aliphatic heterocycles. The van der Waals surface area contributed by atoms with Crippen molar-refractivity contribution in [2.75, 3.05) is 26.8 Å². The number of carbonyl (C=O) groups is 3. The third-order valence-corrected chi connectivity index (χ3v) is 7.64. The van der Waals surface area contributed by atoms with E-state index in [-0.39, 0.29) is 30.6 Å². The summed E-state index contributed by atoms with van der Waals surface area (Å²) in [6.07, 6.45) is 8.73. The fourth-order valence-electron chi connectivity index (χ4n) is 5.02. The van der Waals surface area contributed by atoms with Gasteiger partial charge < -0.3 is 37.9 Å². The van der Waals surface area contributed by atoms with E-state index in [1.807, 2.05) is 43.3 Å². The summed E-state index contributed by atoms with van der Waals surface area (Å²) in [6.45, 7) is 13.7. The van der Waals surface area contributed by atoms with Gasteiger partial charge in [-0.1, -0.05) is 51.6 Å². The molecule has 0 N–H and O–H groups in total. The number of hydrogen-bond donors (Lipinski definition) is 0. The van der Waals surface area contributed by atoms with Crippen molar-refractivity contribution < 1.29 is 52.3 Å². The van der Waals surface area contributed by atoms with Crippen molar-refractivity contribution in [3.05, 3.63) is 122 Å². The highest BCUT2D eigenvalue weighted by atomic mass is 16.7. The van der Waals surface area contributed by atoms with Crippen molar-refractivity contribution >= 4 is 28.7 Å². The van der Waals surface area contributed by atoms with E-state index in [0.717, 1.165) is 66.3 Å². The zero-order valence-corrected chi connectivity index (χ0v) is 29.8. The van der Waals surface area contributed by atoms with E-state index >= 15 is 0 Å². The Kier molecular flexibility index (Phi) is 16.0. The minimum absolute atomic E-state index is 0.0406. The molecule has 53 heavy (non-hydrogen) atoms. The van der Waals surface area contributed by atoms with E-state index in [1.54, 1.807) is 18.2 Å². The molecule has 278 valence electrons. The topological polar surface area (TPSA) is 125 Å². The van der Waals surface area contributed by atoms with Gasteiger partial charge in [-0.2, -0.15) is 0 Å². The van der Waals surface area contributed by atoms with Gasteiger partial charge in [-0.3, -0.25) is 0 Å². The largest absolute Gasteiger partial charge is 0.494 e. The highest BCUT2D eigenvalue weighted by Crippen LogP contribution is 2.31. The van der Waals surface area contributed by atoms with Crippen LogP contribution >= 0.6 is 0 Å². The van der Waals surface area contributed by atoms with Crippen molar-refractivity contribution in [2.24, 2.45) is 0 Å². The molecule has 0 spiro atoms. The van der Waals surface area contributed by atoms with Crippen molar-refractivity contribution in [2.45, 2.75) is 45.4 Å². The second-order valence-electron chi connectivity index (χ2n) is 11.5. The maximum atomic E-state index is 13.1. The summed E-state index contributed by atoms with van der Waals surface area (Å²) in [6, 6.07) is 20.8. The van der Waals surface area contributed by atoms with Crippen LogP contribution in [0.3, 0.4) is 0 Å². The Morgan fingerprint density at radius 1 is 0.604 bits per heavy atom. The second kappa shape index (κ2) is 21.3. The summed E-state index contributed by atoms with van der Waals surface area (Å²) < 4.78 is 44.0. The van der Waals surface area contributed by atoms with Crippen molar-refractivity contribution in [3.8, 4) is 34.5 Å². The molecule has 4 aromatic carbocycles. The smallest absolute Gasteiger partial charge is 0.343 e. The first-order chi connectivity index (χ1) is 25.8. The molecule has 0 aromatic heterocycles. The molecule has 4 aromatic rings. The average molecular weight is 725 g/mol. The maximum absolute atomic E-state index is 13.1. The molecule has 0 bridgehead atoms. The SMILES string of the molecule is C=COCOCCCCCCOc1ccc2cc(OCOc3ccc(OC(=O)c4ccc(OC(=O)C=C)c(OC(=O)C=C)c4)c(CCC)c3)ccc2c1. The molecule has 11 nitrogen and oxygen atoms in total. The van der Waals surface area contributed by atoms with Crippen LogP contribution in [0.4, 0.5) is 0 Å². The van der Waals surface area contributed by atoms with Gasteiger partial charge >= 0.3 is 17.9 Å². The van der Waals surface area contributed by atoms with E-state index in [9.17, 15) is 14.4 Å². The van der Waals surface area contributed by atoms with Crippen LogP contribution in [0.1, 0.15) is 54.9 Å². The van der Waals surface area contributed by atoms with Gasteiger partial charge in [-0.05, 0) is 103 Å². The summed E-state index contributed by atoms with van der Waals surface area (Å²) in [7, 11) is 0. The molecule has 0 aliphatic rings. The zero-order chi connectivity index (χ0) is 37.8. The first-order valence-corrected chi connectivity index (χ1v) is 17.2. The number of benzene rings is 4. The Bertz CT molecular complexity index is 1880. The number of rotatable bonds is 23. The van der Waals surface area contributed by atoms with Crippen LogP contribution in [0, 0.1) is 0 Å². The molecule has 0 amide bonds. The van der Waals surface area contributed by atoms with Gasteiger partial charge in [0.25, 0.3) is 0 Å². The lowest BCUT2D eigenvalue weighted by Gasteiger charge is -2.14. The lowest BCUT2D eigenvalue weighted by Crippen LogP contribution is -2.13. The van der Waals surface area contributed by atoms with Crippen LogP contribution in [0.2, 0.25) is 0 Å². The standard InChI is InChI=1S/C42H44O11/c1-5-13-32-26-36(19-21-37(32)53-42(45)33-16-20-38(51-40(43)6-2)39(27-33)52-41(44)7-3)50-29-49-35-18-15-30-24-34(17-14-31(30)25-35)48-23-12-10-9-11-22-47-28-46-8-4/h6-8,14-21,24-27H,2-5,9-13,22-23,28-29H2,1H3. The number of esters is 3. The molecular weight excluding hydrogens is 680 g/mol. The number of ether oxygens (including phenoxy) is 8. The fourth-order valence-corrected chi connectivity index (χ4v) is 5.02. The Labute approximate surface area is 309 Å². The minimum Gasteiger partial charge on any atom is -0.494 e. The monoisotopic (exact) mass is 724 g/mol. The molecule has 0 aliphatic carbocycles. The van der Waals surface area contributed by atoms with Crippen LogP contribution < -0.4 is 28.4 Å². The van der Waals surface area contributed by atoms with Crippen molar-refractivity contribution in [1.29, 1.82) is 0 Å². The first kappa shape index (κ1) is 39.7. The van der Waals surface area contributed by atoms with Gasteiger partial charge in [-0.25, -0.2) is 14.4 Å². The van der Waals surface area contributed by atoms with Gasteiger partial charge in [0.05, 0.1) is 25.0 Å². The van der Waals surface area contributed by atoms with E-state index in [2.05, 4.69) is 19.7 Å². The molecule has 0 atom stereocenters. The van der Waals surface area contributed by atoms with E-state index in [4.69, 9.17) is 37.9 Å². The quantitative estimate of drug-likeness (QED) is 0.0182. The normalized spacial score (nSPS) is 10.5. The van der Waals surface area contributed by atoms with Gasteiger partial charge in [0.2, 0.25) is 6.79 Å². The van der Waals surface area contributed by atoms with Gasteiger partial charge in [0.1, 0.15) is 23.0 Å². The Hall–Kier alpha value is -6.07. The molecule has 11 heteroatoms. The fraction of sp³-hybridized carbons (Fsp3) is 0.262. The predicted molar refractivity (Wildman–Crippen MR) is 200 cm³/mol. The molecular formula is C42H44O11. The second-order valence-corrected chi connectivity index (χ2v) is 11.5. The third-order valence-electron chi connectivity index (χ3n) is 7.64. The number of carbonyl (C=O) groups excluding carboxylic acids is 3. The van der Waals surface area contributed by atoms with Crippen LogP contribution in [0.25, 0.3) is 10.8 Å². The van der Waals surface area contributed by atoms with Crippen molar-refractivity contribution in [3.63, 3.8) is 0 Å². The highest BCUT2D eigenvalue weighted by molar-refractivity contribution is 5.93. The Morgan fingerprint density at radius 2 is 1.21 bits per heavy atom. The lowest BCUT2D eigenvalue weighted by molar-refractivity contribution is -0.131. The summed E-state index contributed by atoms with van der Waals surface area (Å²) in [4.78, 5) is 36.7. The summed E-state index contributed by atoms with van der Waals surface area (Å²) in [5.41, 5.74) is 0.808. The number of fused-ring (bicyclic) bond motifs is 1.